The number of pyridine rings is 1. The maximum atomic E-state index is 12.8. The minimum Gasteiger partial charge on any atom is -0.497 e. The summed E-state index contributed by atoms with van der Waals surface area (Å²) in [5, 5.41) is 2.50. The van der Waals surface area contributed by atoms with Gasteiger partial charge in [-0.15, -0.1) is 0 Å². The number of methoxy groups -OCH3 is 1. The average Bonchev–Trinajstić information content (AvgIpc) is 2.74. The van der Waals surface area contributed by atoms with Crippen LogP contribution in [0.15, 0.2) is 60.8 Å². The molecule has 0 spiro atoms. The van der Waals surface area contributed by atoms with Crippen molar-refractivity contribution in [3.05, 3.63) is 72.1 Å². The normalized spacial score (nSPS) is 11.3. The molecule has 0 aliphatic carbocycles. The smallest absolute Gasteiger partial charge is 0.433 e. The minimum atomic E-state index is -4.62. The van der Waals surface area contributed by atoms with Crippen LogP contribution in [0.2, 0.25) is 0 Å². The van der Waals surface area contributed by atoms with Crippen molar-refractivity contribution in [3.63, 3.8) is 0 Å². The molecule has 0 radical (unpaired) electrons. The van der Waals surface area contributed by atoms with Gasteiger partial charge in [-0.3, -0.25) is 9.78 Å². The van der Waals surface area contributed by atoms with E-state index in [2.05, 4.69) is 15.0 Å². The fourth-order valence-corrected chi connectivity index (χ4v) is 2.70. The number of nitrogens with one attached hydrogen (secondary N) is 1. The number of hydrogen-bond acceptors (Lipinski definition) is 4. The van der Waals surface area contributed by atoms with Gasteiger partial charge in [0.25, 0.3) is 5.91 Å². The Morgan fingerprint density at radius 2 is 1.74 bits per heavy atom. The number of carbonyl (C=O) groups is 1. The summed E-state index contributed by atoms with van der Waals surface area (Å²) < 4.78 is 73.0. The molecule has 1 N–H and O–H groups in total. The van der Waals surface area contributed by atoms with Gasteiger partial charge in [0.2, 0.25) is 0 Å². The van der Waals surface area contributed by atoms with Gasteiger partial charge in [-0.1, -0.05) is 12.1 Å². The number of aromatic nitrogens is 1. The Morgan fingerprint density at radius 3 is 2.29 bits per heavy atom. The number of rotatable bonds is 6. The maximum Gasteiger partial charge on any atom is 0.433 e. The third kappa shape index (κ3) is 5.47. The van der Waals surface area contributed by atoms with Crippen LogP contribution < -0.4 is 14.8 Å². The standard InChI is InChI=1S/C21H15F5N2O3/c1-30-15-6-2-12(3-7-15)16-10-14(5-8-17(16)31-20(22)23)28-19(29)13-4-9-18(27-11-13)21(24,25)26/h2-11,20H,1H3,(H,28,29). The first kappa shape index (κ1) is 22.0. The average molecular weight is 438 g/mol. The molecule has 3 aromatic rings. The highest BCUT2D eigenvalue weighted by molar-refractivity contribution is 6.04. The molecule has 1 aromatic heterocycles. The van der Waals surface area contributed by atoms with Gasteiger partial charge in [0.05, 0.1) is 12.7 Å². The van der Waals surface area contributed by atoms with Gasteiger partial charge in [0.15, 0.2) is 0 Å². The first-order valence-corrected chi connectivity index (χ1v) is 8.75. The summed E-state index contributed by atoms with van der Waals surface area (Å²) >= 11 is 0. The molecule has 0 bridgehead atoms. The molecular weight excluding hydrogens is 423 g/mol. The second kappa shape index (κ2) is 8.99. The zero-order chi connectivity index (χ0) is 22.6. The van der Waals surface area contributed by atoms with E-state index in [1.165, 1.54) is 25.3 Å². The third-order valence-corrected chi connectivity index (χ3v) is 4.17. The lowest BCUT2D eigenvalue weighted by Gasteiger charge is -2.14. The van der Waals surface area contributed by atoms with Crippen LogP contribution in [-0.2, 0) is 6.18 Å². The lowest BCUT2D eigenvalue weighted by molar-refractivity contribution is -0.141. The van der Waals surface area contributed by atoms with Crippen LogP contribution in [0.4, 0.5) is 27.6 Å². The largest absolute Gasteiger partial charge is 0.497 e. The fourth-order valence-electron chi connectivity index (χ4n) is 2.70. The Labute approximate surface area is 173 Å². The number of amides is 1. The van der Waals surface area contributed by atoms with Crippen LogP contribution >= 0.6 is 0 Å². The van der Waals surface area contributed by atoms with E-state index in [9.17, 15) is 26.7 Å². The van der Waals surface area contributed by atoms with Crippen LogP contribution in [0.3, 0.4) is 0 Å². The van der Waals surface area contributed by atoms with Crippen LogP contribution in [0.5, 0.6) is 11.5 Å². The molecular formula is C21H15F5N2O3. The maximum absolute atomic E-state index is 12.8. The molecule has 162 valence electrons. The predicted molar refractivity (Wildman–Crippen MR) is 102 cm³/mol. The number of alkyl halides is 5. The SMILES string of the molecule is COc1ccc(-c2cc(NC(=O)c3ccc(C(F)(F)F)nc3)ccc2OC(F)F)cc1. The topological polar surface area (TPSA) is 60.5 Å². The van der Waals surface area contributed by atoms with E-state index in [4.69, 9.17) is 4.74 Å². The Morgan fingerprint density at radius 1 is 1.03 bits per heavy atom. The predicted octanol–water partition coefficient (Wildman–Crippen LogP) is 5.63. The number of benzene rings is 2. The quantitative estimate of drug-likeness (QED) is 0.507. The van der Waals surface area contributed by atoms with Gasteiger partial charge in [0, 0.05) is 17.4 Å². The Bertz CT molecular complexity index is 1050. The number of hydrogen-bond donors (Lipinski definition) is 1. The Balaban J connectivity index is 1.88. The molecule has 10 heteroatoms. The molecule has 0 aliphatic rings. The highest BCUT2D eigenvalue weighted by Gasteiger charge is 2.32. The van der Waals surface area contributed by atoms with Gasteiger partial charge in [-0.2, -0.15) is 22.0 Å². The van der Waals surface area contributed by atoms with Crippen molar-refractivity contribution >= 4 is 11.6 Å². The zero-order valence-electron chi connectivity index (χ0n) is 15.9. The van der Waals surface area contributed by atoms with Gasteiger partial charge >= 0.3 is 12.8 Å². The van der Waals surface area contributed by atoms with E-state index < -0.39 is 24.4 Å². The molecule has 0 fully saturated rings. The van der Waals surface area contributed by atoms with Crippen molar-refractivity contribution in [1.82, 2.24) is 4.98 Å². The van der Waals surface area contributed by atoms with Crippen molar-refractivity contribution in [2.24, 2.45) is 0 Å². The summed E-state index contributed by atoms with van der Waals surface area (Å²) in [6.07, 6.45) is -3.82. The van der Waals surface area contributed by atoms with E-state index >= 15 is 0 Å². The summed E-state index contributed by atoms with van der Waals surface area (Å²) in [4.78, 5) is 15.6. The molecule has 0 unspecified atom stereocenters. The van der Waals surface area contributed by atoms with E-state index in [0.717, 1.165) is 12.3 Å². The van der Waals surface area contributed by atoms with Crippen molar-refractivity contribution in [2.75, 3.05) is 12.4 Å². The second-order valence-corrected chi connectivity index (χ2v) is 6.20. The van der Waals surface area contributed by atoms with Crippen LogP contribution in [0.1, 0.15) is 16.1 Å². The van der Waals surface area contributed by atoms with E-state index in [1.807, 2.05) is 0 Å². The summed E-state index contributed by atoms with van der Waals surface area (Å²) in [6, 6.07) is 12.2. The summed E-state index contributed by atoms with van der Waals surface area (Å²) in [7, 11) is 1.48. The van der Waals surface area contributed by atoms with Gasteiger partial charge in [-0.05, 0) is 48.0 Å². The molecule has 3 rings (SSSR count). The molecule has 2 aromatic carbocycles. The minimum absolute atomic E-state index is 0.105. The monoisotopic (exact) mass is 438 g/mol. The molecule has 1 amide bonds. The zero-order valence-corrected chi connectivity index (χ0v) is 15.9. The Hall–Kier alpha value is -3.69. The first-order chi connectivity index (χ1) is 14.7. The fraction of sp³-hybridized carbons (Fsp3) is 0.143. The number of carbonyl (C=O) groups excluding carboxylic acids is 1. The van der Waals surface area contributed by atoms with Crippen LogP contribution in [0, 0.1) is 0 Å². The number of halogens is 5. The molecule has 0 aliphatic heterocycles. The molecule has 0 atom stereocenters. The van der Waals surface area contributed by atoms with Crippen LogP contribution in [-0.4, -0.2) is 24.6 Å². The third-order valence-electron chi connectivity index (χ3n) is 4.17. The van der Waals surface area contributed by atoms with Crippen molar-refractivity contribution in [3.8, 4) is 22.6 Å². The molecule has 1 heterocycles. The van der Waals surface area contributed by atoms with E-state index in [0.29, 0.717) is 17.4 Å². The molecule has 0 saturated carbocycles. The number of nitrogens with zero attached hydrogens (tertiary/aromatic N) is 1. The van der Waals surface area contributed by atoms with Crippen molar-refractivity contribution in [2.45, 2.75) is 12.8 Å². The molecule has 31 heavy (non-hydrogen) atoms. The summed E-state index contributed by atoms with van der Waals surface area (Å²) in [6.45, 7) is -3.06. The van der Waals surface area contributed by atoms with Gasteiger partial charge in [0.1, 0.15) is 17.2 Å². The summed E-state index contributed by atoms with van der Waals surface area (Å²) in [5.41, 5.74) is -0.223. The second-order valence-electron chi connectivity index (χ2n) is 6.20. The lowest BCUT2D eigenvalue weighted by atomic mass is 10.0. The van der Waals surface area contributed by atoms with E-state index in [-0.39, 0.29) is 22.6 Å². The lowest BCUT2D eigenvalue weighted by Crippen LogP contribution is -2.14. The van der Waals surface area contributed by atoms with Gasteiger partial charge < -0.3 is 14.8 Å². The Kier molecular flexibility index (Phi) is 6.38. The van der Waals surface area contributed by atoms with Crippen molar-refractivity contribution < 1.29 is 36.2 Å². The number of anilines is 1. The van der Waals surface area contributed by atoms with Crippen molar-refractivity contribution in [1.29, 1.82) is 0 Å². The van der Waals surface area contributed by atoms with E-state index in [1.54, 1.807) is 24.3 Å². The molecule has 0 saturated heterocycles. The number of ether oxygens (including phenoxy) is 2. The summed E-state index contributed by atoms with van der Waals surface area (Å²) in [5.74, 6) is -0.280. The first-order valence-electron chi connectivity index (χ1n) is 8.75. The highest BCUT2D eigenvalue weighted by atomic mass is 19.4. The highest BCUT2D eigenvalue weighted by Crippen LogP contribution is 2.35. The van der Waals surface area contributed by atoms with Gasteiger partial charge in [-0.25, -0.2) is 0 Å². The molecule has 5 nitrogen and oxygen atoms in total. The van der Waals surface area contributed by atoms with Crippen LogP contribution in [0.25, 0.3) is 11.1 Å².